The first-order valence-corrected chi connectivity index (χ1v) is 5.41. The summed E-state index contributed by atoms with van der Waals surface area (Å²) in [4.78, 5) is 33.4. The molecule has 0 aliphatic carbocycles. The summed E-state index contributed by atoms with van der Waals surface area (Å²) in [6.45, 7) is 1.37. The van der Waals surface area contributed by atoms with E-state index in [4.69, 9.17) is 5.11 Å². The number of hydrogen-bond donors (Lipinski definition) is 3. The van der Waals surface area contributed by atoms with Crippen molar-refractivity contribution in [2.24, 2.45) is 0 Å². The van der Waals surface area contributed by atoms with E-state index in [9.17, 15) is 14.4 Å². The monoisotopic (exact) mass is 261 g/mol. The second-order valence-electron chi connectivity index (χ2n) is 3.88. The van der Waals surface area contributed by atoms with Gasteiger partial charge in [-0.1, -0.05) is 6.07 Å². The van der Waals surface area contributed by atoms with Gasteiger partial charge in [0.05, 0.1) is 5.69 Å². The quantitative estimate of drug-likeness (QED) is 0.760. The second-order valence-corrected chi connectivity index (χ2v) is 3.88. The van der Waals surface area contributed by atoms with Crippen LogP contribution < -0.4 is 10.9 Å². The standard InChI is InChI=1S/C12H11N3O4/c1-7(16)13-8-3-2-4-9(5-8)15-11(17)6-10(14-15)12(18)19/h2-6,14H,1H3,(H,13,16)(H,18,19). The number of amides is 1. The van der Waals surface area contributed by atoms with Crippen molar-refractivity contribution < 1.29 is 14.7 Å². The van der Waals surface area contributed by atoms with Crippen LogP contribution in [-0.2, 0) is 4.79 Å². The van der Waals surface area contributed by atoms with Gasteiger partial charge in [0.2, 0.25) is 5.91 Å². The Balaban J connectivity index is 2.44. The molecule has 2 rings (SSSR count). The Morgan fingerprint density at radius 3 is 2.63 bits per heavy atom. The number of H-pyrrole nitrogens is 1. The van der Waals surface area contributed by atoms with Gasteiger partial charge in [0.25, 0.3) is 5.56 Å². The minimum absolute atomic E-state index is 0.199. The molecule has 7 heteroatoms. The maximum Gasteiger partial charge on any atom is 0.353 e. The van der Waals surface area contributed by atoms with Crippen molar-refractivity contribution in [3.05, 3.63) is 46.4 Å². The van der Waals surface area contributed by atoms with Gasteiger partial charge in [-0.15, -0.1) is 0 Å². The van der Waals surface area contributed by atoms with Gasteiger partial charge in [-0.25, -0.2) is 9.48 Å². The van der Waals surface area contributed by atoms with E-state index in [1.165, 1.54) is 6.92 Å². The summed E-state index contributed by atoms with van der Waals surface area (Å²) in [5.41, 5.74) is 0.263. The maximum atomic E-state index is 11.7. The van der Waals surface area contributed by atoms with Crippen LogP contribution in [0.4, 0.5) is 5.69 Å². The molecule has 0 saturated heterocycles. The molecule has 3 N–H and O–H groups in total. The average molecular weight is 261 g/mol. The fraction of sp³-hybridized carbons (Fsp3) is 0.0833. The van der Waals surface area contributed by atoms with E-state index < -0.39 is 11.5 Å². The largest absolute Gasteiger partial charge is 0.477 e. The summed E-state index contributed by atoms with van der Waals surface area (Å²) in [7, 11) is 0. The van der Waals surface area contributed by atoms with Crippen molar-refractivity contribution in [1.29, 1.82) is 0 Å². The van der Waals surface area contributed by atoms with E-state index in [2.05, 4.69) is 10.4 Å². The van der Waals surface area contributed by atoms with Crippen molar-refractivity contribution in [2.75, 3.05) is 5.32 Å². The molecule has 19 heavy (non-hydrogen) atoms. The number of anilines is 1. The number of rotatable bonds is 3. The Morgan fingerprint density at radius 1 is 1.32 bits per heavy atom. The van der Waals surface area contributed by atoms with Gasteiger partial charge in [0.15, 0.2) is 0 Å². The van der Waals surface area contributed by atoms with Gasteiger partial charge in [-0.3, -0.25) is 14.7 Å². The van der Waals surface area contributed by atoms with E-state index in [1.807, 2.05) is 0 Å². The van der Waals surface area contributed by atoms with Crippen LogP contribution >= 0.6 is 0 Å². The molecule has 1 aromatic heterocycles. The molecule has 0 bridgehead atoms. The number of nitrogens with zero attached hydrogens (tertiary/aromatic N) is 1. The molecule has 0 aliphatic rings. The highest BCUT2D eigenvalue weighted by atomic mass is 16.4. The number of carbonyl (C=O) groups excluding carboxylic acids is 1. The zero-order chi connectivity index (χ0) is 14.0. The van der Waals surface area contributed by atoms with Crippen LogP contribution in [0.15, 0.2) is 35.1 Å². The lowest BCUT2D eigenvalue weighted by atomic mass is 10.3. The summed E-state index contributed by atoms with van der Waals surface area (Å²) < 4.78 is 1.09. The number of carboxylic acid groups (broad SMARTS) is 1. The van der Waals surface area contributed by atoms with Crippen LogP contribution in [0.3, 0.4) is 0 Å². The predicted molar refractivity (Wildman–Crippen MR) is 67.7 cm³/mol. The van der Waals surface area contributed by atoms with Gasteiger partial charge >= 0.3 is 5.97 Å². The number of aromatic nitrogens is 2. The third-order valence-corrected chi connectivity index (χ3v) is 2.38. The zero-order valence-electron chi connectivity index (χ0n) is 10.0. The van der Waals surface area contributed by atoms with Crippen molar-refractivity contribution in [2.45, 2.75) is 6.92 Å². The first-order chi connectivity index (χ1) is 8.97. The Morgan fingerprint density at radius 2 is 2.05 bits per heavy atom. The predicted octanol–water partition coefficient (Wildman–Crippen LogP) is 0.822. The summed E-state index contributed by atoms with van der Waals surface area (Å²) in [6.07, 6.45) is 0. The molecule has 0 unspecified atom stereocenters. The highest BCUT2D eigenvalue weighted by Gasteiger charge is 2.10. The molecule has 0 spiro atoms. The van der Waals surface area contributed by atoms with Crippen LogP contribution in [-0.4, -0.2) is 26.8 Å². The molecule has 0 aliphatic heterocycles. The van der Waals surface area contributed by atoms with Crippen LogP contribution in [0.1, 0.15) is 17.4 Å². The highest BCUT2D eigenvalue weighted by molar-refractivity contribution is 5.89. The lowest BCUT2D eigenvalue weighted by Crippen LogP contribution is -2.14. The zero-order valence-corrected chi connectivity index (χ0v) is 10.0. The van der Waals surface area contributed by atoms with Gasteiger partial charge in [-0.05, 0) is 18.2 Å². The molecule has 0 atom stereocenters. The van der Waals surface area contributed by atoms with Crippen LogP contribution in [0, 0.1) is 0 Å². The number of aromatic amines is 1. The molecule has 2 aromatic rings. The molecule has 1 aromatic carbocycles. The van der Waals surface area contributed by atoms with Crippen LogP contribution in [0.5, 0.6) is 0 Å². The summed E-state index contributed by atoms with van der Waals surface area (Å²) in [5.74, 6) is -1.45. The van der Waals surface area contributed by atoms with Crippen molar-refractivity contribution in [3.8, 4) is 5.69 Å². The van der Waals surface area contributed by atoms with Gasteiger partial charge < -0.3 is 10.4 Å². The molecule has 0 fully saturated rings. The fourth-order valence-electron chi connectivity index (χ4n) is 1.62. The summed E-state index contributed by atoms with van der Waals surface area (Å²) in [5, 5.41) is 13.9. The number of hydrogen-bond acceptors (Lipinski definition) is 3. The van der Waals surface area contributed by atoms with Gasteiger partial charge in [-0.2, -0.15) is 0 Å². The number of carboxylic acids is 1. The molecule has 98 valence electrons. The SMILES string of the molecule is CC(=O)Nc1cccc(-n2[nH]c(C(=O)O)cc2=O)c1. The first kappa shape index (κ1) is 12.6. The lowest BCUT2D eigenvalue weighted by molar-refractivity contribution is -0.114. The normalized spacial score (nSPS) is 10.2. The fourth-order valence-corrected chi connectivity index (χ4v) is 1.62. The first-order valence-electron chi connectivity index (χ1n) is 5.41. The molecule has 0 saturated carbocycles. The molecular weight excluding hydrogens is 250 g/mol. The van der Waals surface area contributed by atoms with Crippen LogP contribution in [0.25, 0.3) is 5.69 Å². The van der Waals surface area contributed by atoms with E-state index in [0.29, 0.717) is 11.4 Å². The van der Waals surface area contributed by atoms with Crippen molar-refractivity contribution in [1.82, 2.24) is 9.78 Å². The Hall–Kier alpha value is -2.83. The Bertz CT molecular complexity index is 699. The highest BCUT2D eigenvalue weighted by Crippen LogP contribution is 2.13. The Kier molecular flexibility index (Phi) is 3.19. The summed E-state index contributed by atoms with van der Waals surface area (Å²) >= 11 is 0. The molecule has 0 radical (unpaired) electrons. The van der Waals surface area contributed by atoms with Crippen molar-refractivity contribution >= 4 is 17.6 Å². The average Bonchev–Trinajstić information content (AvgIpc) is 2.71. The minimum Gasteiger partial charge on any atom is -0.477 e. The number of nitrogens with one attached hydrogen (secondary N) is 2. The molecular formula is C12H11N3O4. The van der Waals surface area contributed by atoms with Gasteiger partial charge in [0.1, 0.15) is 5.69 Å². The lowest BCUT2D eigenvalue weighted by Gasteiger charge is -2.05. The third kappa shape index (κ3) is 2.71. The van der Waals surface area contributed by atoms with E-state index in [1.54, 1.807) is 24.3 Å². The minimum atomic E-state index is -1.21. The molecule has 1 amide bonds. The van der Waals surface area contributed by atoms with Gasteiger partial charge in [0, 0.05) is 18.7 Å². The van der Waals surface area contributed by atoms with E-state index in [-0.39, 0.29) is 11.6 Å². The maximum absolute atomic E-state index is 11.7. The molecule has 1 heterocycles. The topological polar surface area (TPSA) is 104 Å². The number of aromatic carboxylic acids is 1. The van der Waals surface area contributed by atoms with Crippen LogP contribution in [0.2, 0.25) is 0 Å². The second kappa shape index (κ2) is 4.81. The molecule has 7 nitrogen and oxygen atoms in total. The van der Waals surface area contributed by atoms with Crippen molar-refractivity contribution in [3.63, 3.8) is 0 Å². The van der Waals surface area contributed by atoms with E-state index >= 15 is 0 Å². The number of benzene rings is 1. The third-order valence-electron chi connectivity index (χ3n) is 2.38. The Labute approximate surface area is 107 Å². The van der Waals surface area contributed by atoms with E-state index in [0.717, 1.165) is 10.7 Å². The smallest absolute Gasteiger partial charge is 0.353 e. The number of carbonyl (C=O) groups is 2. The summed E-state index contributed by atoms with van der Waals surface area (Å²) in [6, 6.07) is 7.48.